The molecule has 0 unspecified atom stereocenters. The molecule has 1 aliphatic rings. The molecule has 0 saturated carbocycles. The van der Waals surface area contributed by atoms with Gasteiger partial charge in [-0.25, -0.2) is 4.98 Å². The minimum absolute atomic E-state index is 0.115. The zero-order chi connectivity index (χ0) is 21.8. The highest BCUT2D eigenvalue weighted by atomic mass is 16.2. The molecule has 1 aromatic heterocycles. The lowest BCUT2D eigenvalue weighted by Crippen LogP contribution is -2.48. The maximum absolute atomic E-state index is 12.3. The number of carbonyl (C=O) groups excluding carboxylic acids is 1. The molecule has 0 radical (unpaired) electrons. The van der Waals surface area contributed by atoms with Gasteiger partial charge in [-0.05, 0) is 12.8 Å². The number of hydrogen-bond donors (Lipinski definition) is 1. The predicted octanol–water partition coefficient (Wildman–Crippen LogP) is 4.94. The number of amides is 1. The van der Waals surface area contributed by atoms with E-state index < -0.39 is 0 Å². The lowest BCUT2D eigenvalue weighted by atomic mass is 9.94. The van der Waals surface area contributed by atoms with E-state index in [0.717, 1.165) is 54.3 Å². The number of benzene rings is 2. The average molecular weight is 415 g/mol. The molecule has 1 amide bonds. The molecule has 1 saturated heterocycles. The van der Waals surface area contributed by atoms with Crippen molar-refractivity contribution in [3.8, 4) is 22.5 Å². The van der Waals surface area contributed by atoms with Gasteiger partial charge in [-0.1, -0.05) is 81.4 Å². The number of piperidine rings is 1. The summed E-state index contributed by atoms with van der Waals surface area (Å²) in [6, 6.07) is 20.6. The molecule has 31 heavy (non-hydrogen) atoms. The second-order valence-corrected chi connectivity index (χ2v) is 9.14. The minimum atomic E-state index is -0.361. The zero-order valence-electron chi connectivity index (χ0n) is 18.5. The number of nitrogens with zero attached hydrogens (tertiary/aromatic N) is 3. The van der Waals surface area contributed by atoms with Gasteiger partial charge >= 0.3 is 0 Å². The molecule has 2 heterocycles. The van der Waals surface area contributed by atoms with Crippen LogP contribution >= 0.6 is 0 Å². The van der Waals surface area contributed by atoms with Crippen molar-refractivity contribution in [2.24, 2.45) is 5.41 Å². The molecular formula is C26H30N4O. The first-order valence-electron chi connectivity index (χ1n) is 11.0. The van der Waals surface area contributed by atoms with Crippen LogP contribution in [-0.4, -0.2) is 35.0 Å². The van der Waals surface area contributed by atoms with Gasteiger partial charge in [0.05, 0.1) is 17.6 Å². The molecule has 160 valence electrons. The van der Waals surface area contributed by atoms with Gasteiger partial charge in [0, 0.05) is 35.7 Å². The maximum atomic E-state index is 12.3. The Hall–Kier alpha value is -3.21. The lowest BCUT2D eigenvalue weighted by molar-refractivity contribution is -0.129. The van der Waals surface area contributed by atoms with Gasteiger partial charge in [0.2, 0.25) is 5.91 Å². The van der Waals surface area contributed by atoms with E-state index in [2.05, 4.69) is 34.5 Å². The quantitative estimate of drug-likeness (QED) is 0.657. The van der Waals surface area contributed by atoms with Crippen LogP contribution in [-0.2, 0) is 4.79 Å². The van der Waals surface area contributed by atoms with Crippen molar-refractivity contribution in [2.45, 2.75) is 39.7 Å². The molecule has 1 aliphatic heterocycles. The van der Waals surface area contributed by atoms with Crippen molar-refractivity contribution in [3.05, 3.63) is 66.9 Å². The van der Waals surface area contributed by atoms with Crippen LogP contribution in [0.2, 0.25) is 0 Å². The van der Waals surface area contributed by atoms with Crippen molar-refractivity contribution in [1.29, 1.82) is 0 Å². The summed E-state index contributed by atoms with van der Waals surface area (Å²) in [5, 5.41) is 3.20. The Labute approximate surface area is 184 Å². The van der Waals surface area contributed by atoms with Gasteiger partial charge in [0.25, 0.3) is 0 Å². The number of nitrogens with one attached hydrogen (secondary N) is 1. The molecule has 1 N–H and O–H groups in total. The number of carbonyl (C=O) groups is 1. The molecule has 0 atom stereocenters. The predicted molar refractivity (Wildman–Crippen MR) is 126 cm³/mol. The fraction of sp³-hybridized carbons (Fsp3) is 0.346. The van der Waals surface area contributed by atoms with E-state index in [-0.39, 0.29) is 17.4 Å². The Kier molecular flexibility index (Phi) is 6.03. The van der Waals surface area contributed by atoms with Crippen molar-refractivity contribution < 1.29 is 4.79 Å². The summed E-state index contributed by atoms with van der Waals surface area (Å²) in [6.07, 6.45) is 3.69. The van der Waals surface area contributed by atoms with Gasteiger partial charge in [-0.15, -0.1) is 0 Å². The minimum Gasteiger partial charge on any atom is -0.355 e. The Morgan fingerprint density at radius 1 is 0.903 bits per heavy atom. The first kappa shape index (κ1) is 21.0. The summed E-state index contributed by atoms with van der Waals surface area (Å²) in [5.41, 5.74) is 3.54. The number of rotatable bonds is 4. The van der Waals surface area contributed by atoms with E-state index in [1.807, 2.05) is 63.4 Å². The highest BCUT2D eigenvalue weighted by Crippen LogP contribution is 2.31. The molecular weight excluding hydrogens is 384 g/mol. The van der Waals surface area contributed by atoms with Gasteiger partial charge < -0.3 is 10.2 Å². The van der Waals surface area contributed by atoms with Gasteiger partial charge in [0.15, 0.2) is 0 Å². The average Bonchev–Trinajstić information content (AvgIpc) is 2.80. The summed E-state index contributed by atoms with van der Waals surface area (Å²) in [5.74, 6) is 1.00. The number of hydrogen-bond acceptors (Lipinski definition) is 4. The molecule has 3 aromatic rings. The van der Waals surface area contributed by atoms with Crippen molar-refractivity contribution in [1.82, 2.24) is 15.3 Å². The fourth-order valence-electron chi connectivity index (χ4n) is 3.79. The zero-order valence-corrected chi connectivity index (χ0v) is 18.5. The SMILES string of the molecule is CC(C)(C)C(=O)NC1CCN(c2cnc(-c3ccccc3)c(-c3ccccc3)n2)CC1. The first-order valence-corrected chi connectivity index (χ1v) is 11.0. The third kappa shape index (κ3) is 4.93. The van der Waals surface area contributed by atoms with Crippen LogP contribution in [0.1, 0.15) is 33.6 Å². The van der Waals surface area contributed by atoms with E-state index >= 15 is 0 Å². The molecule has 1 fully saturated rings. The van der Waals surface area contributed by atoms with Crippen LogP contribution in [0.15, 0.2) is 66.9 Å². The molecule has 0 spiro atoms. The molecule has 5 heteroatoms. The fourth-order valence-corrected chi connectivity index (χ4v) is 3.79. The van der Waals surface area contributed by atoms with Gasteiger partial charge in [0.1, 0.15) is 5.82 Å². The summed E-state index contributed by atoms with van der Waals surface area (Å²) in [7, 11) is 0. The van der Waals surface area contributed by atoms with Crippen LogP contribution in [0.3, 0.4) is 0 Å². The van der Waals surface area contributed by atoms with Crippen LogP contribution < -0.4 is 10.2 Å². The lowest BCUT2D eigenvalue weighted by Gasteiger charge is -2.34. The Morgan fingerprint density at radius 3 is 2.00 bits per heavy atom. The molecule has 2 aromatic carbocycles. The first-order chi connectivity index (χ1) is 14.9. The van der Waals surface area contributed by atoms with Gasteiger partial charge in [-0.2, -0.15) is 0 Å². The Morgan fingerprint density at radius 2 is 1.45 bits per heavy atom. The second-order valence-electron chi connectivity index (χ2n) is 9.14. The van der Waals surface area contributed by atoms with Crippen molar-refractivity contribution >= 4 is 11.7 Å². The largest absolute Gasteiger partial charge is 0.355 e. The van der Waals surface area contributed by atoms with Crippen LogP contribution in [0, 0.1) is 5.41 Å². The molecule has 0 bridgehead atoms. The van der Waals surface area contributed by atoms with E-state index in [1.165, 1.54) is 0 Å². The summed E-state index contributed by atoms with van der Waals surface area (Å²) < 4.78 is 0. The molecule has 0 aliphatic carbocycles. The highest BCUT2D eigenvalue weighted by Gasteiger charge is 2.27. The van der Waals surface area contributed by atoms with Crippen LogP contribution in [0.25, 0.3) is 22.5 Å². The third-order valence-corrected chi connectivity index (χ3v) is 5.69. The monoisotopic (exact) mass is 414 g/mol. The van der Waals surface area contributed by atoms with Gasteiger partial charge in [-0.3, -0.25) is 9.78 Å². The van der Waals surface area contributed by atoms with E-state index in [4.69, 9.17) is 9.97 Å². The van der Waals surface area contributed by atoms with Crippen LogP contribution in [0.4, 0.5) is 5.82 Å². The Balaban J connectivity index is 1.56. The third-order valence-electron chi connectivity index (χ3n) is 5.69. The summed E-state index contributed by atoms with van der Waals surface area (Å²) >= 11 is 0. The molecule has 5 nitrogen and oxygen atoms in total. The van der Waals surface area contributed by atoms with E-state index in [1.54, 1.807) is 0 Å². The topological polar surface area (TPSA) is 58.1 Å². The van der Waals surface area contributed by atoms with Crippen molar-refractivity contribution in [3.63, 3.8) is 0 Å². The normalized spacial score (nSPS) is 15.0. The maximum Gasteiger partial charge on any atom is 0.225 e. The second kappa shape index (κ2) is 8.88. The van der Waals surface area contributed by atoms with Crippen molar-refractivity contribution in [2.75, 3.05) is 18.0 Å². The number of aromatic nitrogens is 2. The molecule has 4 rings (SSSR count). The van der Waals surface area contributed by atoms with E-state index in [9.17, 15) is 4.79 Å². The van der Waals surface area contributed by atoms with E-state index in [0.29, 0.717) is 0 Å². The smallest absolute Gasteiger partial charge is 0.225 e. The summed E-state index contributed by atoms with van der Waals surface area (Å²) in [4.78, 5) is 24.5. The highest BCUT2D eigenvalue weighted by molar-refractivity contribution is 5.81. The number of anilines is 1. The Bertz CT molecular complexity index is 1020. The summed E-state index contributed by atoms with van der Waals surface area (Å²) in [6.45, 7) is 7.55. The standard InChI is InChI=1S/C26H30N4O/c1-26(2,3)25(31)28-21-14-16-30(17-15-21)22-18-27-23(19-10-6-4-7-11-19)24(29-22)20-12-8-5-9-13-20/h4-13,18,21H,14-17H2,1-3H3,(H,28,31). The van der Waals surface area contributed by atoms with Crippen LogP contribution in [0.5, 0.6) is 0 Å².